The van der Waals surface area contributed by atoms with Crippen molar-refractivity contribution in [3.63, 3.8) is 0 Å². The van der Waals surface area contributed by atoms with Crippen LogP contribution >= 0.6 is 0 Å². The van der Waals surface area contributed by atoms with Crippen LogP contribution in [0.4, 0.5) is 5.69 Å². The van der Waals surface area contributed by atoms with E-state index in [-0.39, 0.29) is 35.1 Å². The second kappa shape index (κ2) is 7.65. The number of ketones is 1. The van der Waals surface area contributed by atoms with E-state index in [9.17, 15) is 14.7 Å². The molecule has 0 amide bonds. The van der Waals surface area contributed by atoms with E-state index >= 15 is 0 Å². The molecule has 0 saturated carbocycles. The molecule has 1 aromatic carbocycles. The topological polar surface area (TPSA) is 104 Å². The average molecular weight is 332 g/mol. The van der Waals surface area contributed by atoms with Crippen molar-refractivity contribution in [1.82, 2.24) is 4.57 Å². The molecule has 0 atom stereocenters. The number of ether oxygens (including phenoxy) is 2. The summed E-state index contributed by atoms with van der Waals surface area (Å²) in [5.74, 6) is -0.564. The Bertz CT molecular complexity index is 798. The van der Waals surface area contributed by atoms with Crippen LogP contribution in [-0.4, -0.2) is 29.4 Å². The first-order valence-electron chi connectivity index (χ1n) is 7.48. The fourth-order valence-corrected chi connectivity index (χ4v) is 2.26. The largest absolute Gasteiger partial charge is 0.505 e. The fraction of sp³-hybridized carbons (Fsp3) is 0.294. The van der Waals surface area contributed by atoms with Gasteiger partial charge in [0.2, 0.25) is 0 Å². The predicted molar refractivity (Wildman–Crippen MR) is 89.4 cm³/mol. The average Bonchev–Trinajstić information content (AvgIpc) is 2.58. The Hall–Kier alpha value is -2.80. The summed E-state index contributed by atoms with van der Waals surface area (Å²) in [6.07, 6.45) is 2.25. The van der Waals surface area contributed by atoms with Crippen molar-refractivity contribution in [2.45, 2.75) is 19.9 Å². The Kier molecular flexibility index (Phi) is 5.59. The minimum atomic E-state index is -0.428. The van der Waals surface area contributed by atoms with Gasteiger partial charge in [0, 0.05) is 31.5 Å². The first-order chi connectivity index (χ1) is 11.5. The van der Waals surface area contributed by atoms with Crippen molar-refractivity contribution >= 4 is 11.5 Å². The number of hydrogen-bond donors (Lipinski definition) is 2. The van der Waals surface area contributed by atoms with Gasteiger partial charge in [0.25, 0.3) is 5.56 Å². The van der Waals surface area contributed by atoms with E-state index in [1.165, 1.54) is 42.1 Å². The number of phenols is 1. The molecule has 0 aliphatic carbocycles. The Morgan fingerprint density at radius 3 is 2.71 bits per heavy atom. The number of aryl methyl sites for hydroxylation is 1. The number of benzene rings is 1. The van der Waals surface area contributed by atoms with Gasteiger partial charge < -0.3 is 24.9 Å². The van der Waals surface area contributed by atoms with Crippen LogP contribution in [0.25, 0.3) is 0 Å². The van der Waals surface area contributed by atoms with Gasteiger partial charge in [-0.25, -0.2) is 0 Å². The lowest BCUT2D eigenvalue weighted by molar-refractivity contribution is 0.0515. The molecule has 1 aromatic heterocycles. The number of rotatable bonds is 7. The van der Waals surface area contributed by atoms with Gasteiger partial charge in [-0.1, -0.05) is 6.92 Å². The molecule has 2 rings (SSSR count). The monoisotopic (exact) mass is 332 g/mol. The maximum absolute atomic E-state index is 12.6. The lowest BCUT2D eigenvalue weighted by Gasteiger charge is -2.12. The number of aromatic nitrogens is 1. The maximum atomic E-state index is 12.6. The SMILES string of the molecule is CCCn1cc(C(=O)c2ccc(OCOC)c(N)c2O)ccc1=O. The van der Waals surface area contributed by atoms with Gasteiger partial charge in [0.15, 0.2) is 18.3 Å². The zero-order valence-electron chi connectivity index (χ0n) is 13.6. The Morgan fingerprint density at radius 2 is 2.04 bits per heavy atom. The maximum Gasteiger partial charge on any atom is 0.250 e. The highest BCUT2D eigenvalue weighted by Crippen LogP contribution is 2.35. The first-order valence-corrected chi connectivity index (χ1v) is 7.48. The normalized spacial score (nSPS) is 10.6. The molecule has 128 valence electrons. The van der Waals surface area contributed by atoms with Gasteiger partial charge in [-0.3, -0.25) is 9.59 Å². The van der Waals surface area contributed by atoms with Crippen LogP contribution < -0.4 is 16.0 Å². The number of carbonyl (C=O) groups excluding carboxylic acids is 1. The quantitative estimate of drug-likeness (QED) is 0.346. The summed E-state index contributed by atoms with van der Waals surface area (Å²) in [4.78, 5) is 24.4. The minimum absolute atomic E-state index is 0.0289. The fourth-order valence-electron chi connectivity index (χ4n) is 2.26. The van der Waals surface area contributed by atoms with Crippen LogP contribution in [-0.2, 0) is 11.3 Å². The van der Waals surface area contributed by atoms with Crippen molar-refractivity contribution in [2.24, 2.45) is 0 Å². The van der Waals surface area contributed by atoms with E-state index in [1.807, 2.05) is 6.92 Å². The third-order valence-corrected chi connectivity index (χ3v) is 3.46. The second-order valence-corrected chi connectivity index (χ2v) is 5.20. The standard InChI is InChI=1S/C17H20N2O5/c1-3-8-19-9-11(4-7-14(19)20)16(21)12-5-6-13(24-10-23-2)15(18)17(12)22/h4-7,9,22H,3,8,10,18H2,1-2H3. The summed E-state index contributed by atoms with van der Waals surface area (Å²) in [6, 6.07) is 5.68. The molecule has 0 spiro atoms. The van der Waals surface area contributed by atoms with E-state index in [4.69, 9.17) is 15.2 Å². The highest BCUT2D eigenvalue weighted by molar-refractivity contribution is 6.11. The van der Waals surface area contributed by atoms with E-state index in [0.29, 0.717) is 12.1 Å². The molecule has 3 N–H and O–H groups in total. The van der Waals surface area contributed by atoms with Crippen molar-refractivity contribution in [1.29, 1.82) is 0 Å². The highest BCUT2D eigenvalue weighted by atomic mass is 16.7. The van der Waals surface area contributed by atoms with Crippen LogP contribution in [0.1, 0.15) is 29.3 Å². The summed E-state index contributed by atoms with van der Waals surface area (Å²) >= 11 is 0. The van der Waals surface area contributed by atoms with Gasteiger partial charge in [0.1, 0.15) is 11.4 Å². The van der Waals surface area contributed by atoms with Gasteiger partial charge in [-0.15, -0.1) is 0 Å². The number of nitrogen functional groups attached to an aromatic ring is 1. The number of aromatic hydroxyl groups is 1. The third kappa shape index (κ3) is 3.57. The molecule has 0 bridgehead atoms. The summed E-state index contributed by atoms with van der Waals surface area (Å²) in [5, 5.41) is 10.2. The Morgan fingerprint density at radius 1 is 1.29 bits per heavy atom. The lowest BCUT2D eigenvalue weighted by Crippen LogP contribution is -2.20. The number of nitrogens with two attached hydrogens (primary N) is 1. The van der Waals surface area contributed by atoms with Gasteiger partial charge in [-0.2, -0.15) is 0 Å². The zero-order valence-corrected chi connectivity index (χ0v) is 13.6. The molecular formula is C17H20N2O5. The summed E-state index contributed by atoms with van der Waals surface area (Å²) in [6.45, 7) is 2.42. The summed E-state index contributed by atoms with van der Waals surface area (Å²) in [5.41, 5.74) is 5.92. The zero-order chi connectivity index (χ0) is 17.7. The molecule has 7 heteroatoms. The number of anilines is 1. The van der Waals surface area contributed by atoms with Crippen LogP contribution in [0.2, 0.25) is 0 Å². The number of methoxy groups -OCH3 is 1. The molecule has 0 saturated heterocycles. The van der Waals surface area contributed by atoms with Gasteiger partial charge >= 0.3 is 0 Å². The molecule has 0 aliphatic heterocycles. The van der Waals surface area contributed by atoms with E-state index < -0.39 is 5.78 Å². The number of pyridine rings is 1. The first kappa shape index (κ1) is 17.6. The number of nitrogens with zero attached hydrogens (tertiary/aromatic N) is 1. The van der Waals surface area contributed by atoms with Crippen molar-refractivity contribution in [3.05, 3.63) is 51.9 Å². The molecule has 7 nitrogen and oxygen atoms in total. The van der Waals surface area contributed by atoms with Crippen LogP contribution in [0.5, 0.6) is 11.5 Å². The second-order valence-electron chi connectivity index (χ2n) is 5.20. The Balaban J connectivity index is 2.38. The lowest BCUT2D eigenvalue weighted by atomic mass is 10.0. The molecular weight excluding hydrogens is 312 g/mol. The van der Waals surface area contributed by atoms with Gasteiger partial charge in [-0.05, 0) is 24.6 Å². The molecule has 1 heterocycles. The predicted octanol–water partition coefficient (Wildman–Crippen LogP) is 1.76. The Labute approximate surface area is 139 Å². The van der Waals surface area contributed by atoms with Crippen molar-refractivity contribution in [2.75, 3.05) is 19.6 Å². The highest BCUT2D eigenvalue weighted by Gasteiger charge is 2.19. The molecule has 0 fully saturated rings. The molecule has 0 radical (unpaired) electrons. The number of phenolic OH excluding ortho intramolecular Hbond substituents is 1. The molecule has 24 heavy (non-hydrogen) atoms. The van der Waals surface area contributed by atoms with Gasteiger partial charge in [0.05, 0.1) is 5.56 Å². The number of carbonyl (C=O) groups is 1. The smallest absolute Gasteiger partial charge is 0.250 e. The molecule has 0 aliphatic rings. The van der Waals surface area contributed by atoms with Crippen molar-refractivity contribution in [3.8, 4) is 11.5 Å². The van der Waals surface area contributed by atoms with E-state index in [1.54, 1.807) is 0 Å². The van der Waals surface area contributed by atoms with Crippen LogP contribution in [0.15, 0.2) is 35.3 Å². The third-order valence-electron chi connectivity index (χ3n) is 3.46. The van der Waals surface area contributed by atoms with E-state index in [2.05, 4.69) is 0 Å². The van der Waals surface area contributed by atoms with E-state index in [0.717, 1.165) is 6.42 Å². The molecule has 0 unspecified atom stereocenters. The van der Waals surface area contributed by atoms with Crippen LogP contribution in [0, 0.1) is 0 Å². The molecule has 2 aromatic rings. The summed E-state index contributed by atoms with van der Waals surface area (Å²) in [7, 11) is 1.46. The minimum Gasteiger partial charge on any atom is -0.505 e. The van der Waals surface area contributed by atoms with Crippen molar-refractivity contribution < 1.29 is 19.4 Å². The van der Waals surface area contributed by atoms with Crippen LogP contribution in [0.3, 0.4) is 0 Å². The number of hydrogen-bond acceptors (Lipinski definition) is 6. The summed E-state index contributed by atoms with van der Waals surface area (Å²) < 4.78 is 11.4.